The van der Waals surface area contributed by atoms with Gasteiger partial charge in [0.1, 0.15) is 11.6 Å². The molecule has 1 fully saturated rings. The maximum absolute atomic E-state index is 13.9. The van der Waals surface area contributed by atoms with Crippen molar-refractivity contribution in [2.24, 2.45) is 5.73 Å². The standard InChI is InChI=1S/C31H32FNO2/c32-27-7-3-6-26(19-27)31-20-30(11-10-24(31)16-17-33)35-29-14-12-28(13-15-29)34-21-22-8-9-23-4-1-2-5-25(23)18-22/h1-11,18-20,28-29H,12-17,21,33H2. The van der Waals surface area contributed by atoms with E-state index in [1.165, 1.54) is 22.4 Å². The molecule has 0 unspecified atom stereocenters. The molecule has 4 aromatic rings. The van der Waals surface area contributed by atoms with Crippen molar-refractivity contribution in [2.45, 2.75) is 50.9 Å². The molecule has 0 amide bonds. The first-order valence-corrected chi connectivity index (χ1v) is 12.5. The van der Waals surface area contributed by atoms with E-state index in [1.807, 2.05) is 18.2 Å². The van der Waals surface area contributed by atoms with E-state index in [-0.39, 0.29) is 18.0 Å². The summed E-state index contributed by atoms with van der Waals surface area (Å²) in [7, 11) is 0. The monoisotopic (exact) mass is 469 g/mol. The molecule has 0 aromatic heterocycles. The SMILES string of the molecule is NCCc1ccc(OC2CCC(OCc3ccc4ccccc4c3)CC2)cc1-c1cccc(F)c1. The molecule has 0 heterocycles. The number of fused-ring (bicyclic) bond motifs is 1. The maximum atomic E-state index is 13.9. The van der Waals surface area contributed by atoms with Crippen molar-refractivity contribution < 1.29 is 13.9 Å². The summed E-state index contributed by atoms with van der Waals surface area (Å²) in [6, 6.07) is 27.7. The van der Waals surface area contributed by atoms with Crippen LogP contribution in [0.25, 0.3) is 21.9 Å². The molecule has 4 aromatic carbocycles. The summed E-state index contributed by atoms with van der Waals surface area (Å²) >= 11 is 0. The minimum Gasteiger partial charge on any atom is -0.490 e. The van der Waals surface area contributed by atoms with Crippen LogP contribution in [-0.2, 0) is 17.8 Å². The predicted molar refractivity (Wildman–Crippen MR) is 140 cm³/mol. The number of benzene rings is 4. The van der Waals surface area contributed by atoms with E-state index in [9.17, 15) is 4.39 Å². The Kier molecular flexibility index (Phi) is 7.41. The summed E-state index contributed by atoms with van der Waals surface area (Å²) in [5.41, 5.74) is 9.96. The average Bonchev–Trinajstić information content (AvgIpc) is 2.89. The fraction of sp³-hybridized carbons (Fsp3) is 0.290. The first kappa shape index (κ1) is 23.5. The second-order valence-electron chi connectivity index (χ2n) is 9.38. The third-order valence-electron chi connectivity index (χ3n) is 6.85. The normalized spacial score (nSPS) is 18.0. The third kappa shape index (κ3) is 5.90. The van der Waals surface area contributed by atoms with Gasteiger partial charge in [-0.15, -0.1) is 0 Å². The Morgan fingerprint density at radius 1 is 0.771 bits per heavy atom. The zero-order valence-electron chi connectivity index (χ0n) is 20.0. The fourth-order valence-electron chi connectivity index (χ4n) is 4.98. The minimum atomic E-state index is -0.241. The average molecular weight is 470 g/mol. The van der Waals surface area contributed by atoms with Gasteiger partial charge >= 0.3 is 0 Å². The second-order valence-corrected chi connectivity index (χ2v) is 9.38. The van der Waals surface area contributed by atoms with Gasteiger partial charge in [-0.2, -0.15) is 0 Å². The smallest absolute Gasteiger partial charge is 0.123 e. The summed E-state index contributed by atoms with van der Waals surface area (Å²) in [6.45, 7) is 1.19. The Bertz CT molecular complexity index is 1280. The number of hydrogen-bond donors (Lipinski definition) is 1. The molecule has 4 heteroatoms. The zero-order valence-corrected chi connectivity index (χ0v) is 20.0. The van der Waals surface area contributed by atoms with E-state index in [4.69, 9.17) is 15.2 Å². The lowest BCUT2D eigenvalue weighted by atomic mass is 9.94. The minimum absolute atomic E-state index is 0.163. The first-order chi connectivity index (χ1) is 17.2. The molecule has 2 N–H and O–H groups in total. The van der Waals surface area contributed by atoms with Gasteiger partial charge < -0.3 is 15.2 Å². The van der Waals surface area contributed by atoms with Gasteiger partial charge in [0.15, 0.2) is 0 Å². The molecule has 0 radical (unpaired) electrons. The third-order valence-corrected chi connectivity index (χ3v) is 6.85. The van der Waals surface area contributed by atoms with Gasteiger partial charge in [-0.25, -0.2) is 4.39 Å². The molecule has 0 spiro atoms. The molecule has 0 aliphatic heterocycles. The molecule has 35 heavy (non-hydrogen) atoms. The van der Waals surface area contributed by atoms with Crippen LogP contribution in [0.1, 0.15) is 36.8 Å². The summed E-state index contributed by atoms with van der Waals surface area (Å²) < 4.78 is 26.5. The highest BCUT2D eigenvalue weighted by Crippen LogP contribution is 2.32. The van der Waals surface area contributed by atoms with Crippen LogP contribution in [0, 0.1) is 5.82 Å². The van der Waals surface area contributed by atoms with E-state index < -0.39 is 0 Å². The molecule has 1 aliphatic carbocycles. The lowest BCUT2D eigenvalue weighted by molar-refractivity contribution is -0.00657. The lowest BCUT2D eigenvalue weighted by Gasteiger charge is -2.29. The number of halogens is 1. The van der Waals surface area contributed by atoms with Crippen LogP contribution in [0.5, 0.6) is 5.75 Å². The molecule has 0 atom stereocenters. The van der Waals surface area contributed by atoms with E-state index in [2.05, 4.69) is 48.5 Å². The first-order valence-electron chi connectivity index (χ1n) is 12.5. The number of ether oxygens (including phenoxy) is 2. The number of rotatable bonds is 8. The van der Waals surface area contributed by atoms with Crippen LogP contribution < -0.4 is 10.5 Å². The molecule has 5 rings (SSSR count). The van der Waals surface area contributed by atoms with Gasteiger partial charge in [-0.1, -0.05) is 54.6 Å². The summed E-state index contributed by atoms with van der Waals surface area (Å²) in [5.74, 6) is 0.583. The second kappa shape index (κ2) is 11.0. The number of nitrogens with two attached hydrogens (primary N) is 1. The van der Waals surface area contributed by atoms with Crippen LogP contribution in [0.4, 0.5) is 4.39 Å². The Morgan fingerprint density at radius 2 is 1.57 bits per heavy atom. The molecule has 1 aliphatic rings. The van der Waals surface area contributed by atoms with Crippen molar-refractivity contribution in [2.75, 3.05) is 6.54 Å². The Balaban J connectivity index is 1.18. The molecule has 1 saturated carbocycles. The molecule has 0 saturated heterocycles. The zero-order chi connectivity index (χ0) is 24.0. The van der Waals surface area contributed by atoms with Crippen molar-refractivity contribution in [3.63, 3.8) is 0 Å². The van der Waals surface area contributed by atoms with Crippen molar-refractivity contribution in [1.82, 2.24) is 0 Å². The van der Waals surface area contributed by atoms with Gasteiger partial charge in [0.2, 0.25) is 0 Å². The van der Waals surface area contributed by atoms with Gasteiger partial charge in [0.05, 0.1) is 18.8 Å². The molecule has 3 nitrogen and oxygen atoms in total. The molecule has 180 valence electrons. The van der Waals surface area contributed by atoms with Crippen LogP contribution in [0.2, 0.25) is 0 Å². The number of hydrogen-bond acceptors (Lipinski definition) is 3. The van der Waals surface area contributed by atoms with E-state index in [0.717, 1.165) is 54.5 Å². The Morgan fingerprint density at radius 3 is 2.37 bits per heavy atom. The predicted octanol–water partition coefficient (Wildman–Crippen LogP) is 7.05. The van der Waals surface area contributed by atoms with Crippen molar-refractivity contribution >= 4 is 10.8 Å². The van der Waals surface area contributed by atoms with Gasteiger partial charge in [0, 0.05) is 0 Å². The van der Waals surface area contributed by atoms with E-state index >= 15 is 0 Å². The van der Waals surface area contributed by atoms with Gasteiger partial charge in [0.25, 0.3) is 0 Å². The Hall–Kier alpha value is -3.21. The van der Waals surface area contributed by atoms with Gasteiger partial charge in [-0.3, -0.25) is 0 Å². The Labute approximate surface area is 206 Å². The largest absolute Gasteiger partial charge is 0.490 e. The van der Waals surface area contributed by atoms with E-state index in [1.54, 1.807) is 12.1 Å². The highest BCUT2D eigenvalue weighted by atomic mass is 19.1. The molecular weight excluding hydrogens is 437 g/mol. The quantitative estimate of drug-likeness (QED) is 0.301. The highest BCUT2D eigenvalue weighted by molar-refractivity contribution is 5.82. The molecule has 0 bridgehead atoms. The van der Waals surface area contributed by atoms with Crippen LogP contribution in [0.3, 0.4) is 0 Å². The van der Waals surface area contributed by atoms with Crippen LogP contribution in [0.15, 0.2) is 84.9 Å². The van der Waals surface area contributed by atoms with Crippen molar-refractivity contribution in [1.29, 1.82) is 0 Å². The highest BCUT2D eigenvalue weighted by Gasteiger charge is 2.23. The van der Waals surface area contributed by atoms with E-state index in [0.29, 0.717) is 13.2 Å². The van der Waals surface area contributed by atoms with Gasteiger partial charge in [-0.05, 0) is 102 Å². The van der Waals surface area contributed by atoms with Crippen LogP contribution in [-0.4, -0.2) is 18.8 Å². The van der Waals surface area contributed by atoms with Crippen molar-refractivity contribution in [3.05, 3.63) is 102 Å². The summed E-state index contributed by atoms with van der Waals surface area (Å²) in [4.78, 5) is 0. The summed E-state index contributed by atoms with van der Waals surface area (Å²) in [6.07, 6.45) is 5.06. The summed E-state index contributed by atoms with van der Waals surface area (Å²) in [5, 5.41) is 2.51. The molecular formula is C31H32FNO2. The lowest BCUT2D eigenvalue weighted by Crippen LogP contribution is -2.28. The van der Waals surface area contributed by atoms with Crippen molar-refractivity contribution in [3.8, 4) is 16.9 Å². The van der Waals surface area contributed by atoms with Crippen LogP contribution >= 0.6 is 0 Å². The maximum Gasteiger partial charge on any atom is 0.123 e. The topological polar surface area (TPSA) is 44.5 Å². The fourth-order valence-corrected chi connectivity index (χ4v) is 4.98.